The van der Waals surface area contributed by atoms with Crippen LogP contribution >= 0.6 is 22.6 Å². The van der Waals surface area contributed by atoms with E-state index in [4.69, 9.17) is 4.74 Å². The first-order valence-corrected chi connectivity index (χ1v) is 6.68. The molecule has 2 saturated heterocycles. The van der Waals surface area contributed by atoms with Crippen LogP contribution in [0, 0.1) is 0 Å². The molecule has 0 radical (unpaired) electrons. The molecule has 0 aromatic rings. The average molecular weight is 310 g/mol. The largest absolute Gasteiger partial charge is 0.365 e. The predicted octanol–water partition coefficient (Wildman–Crippen LogP) is 1.17. The lowest BCUT2D eigenvalue weighted by molar-refractivity contribution is -0.00802. The Morgan fingerprint density at radius 3 is 2.86 bits per heavy atom. The highest BCUT2D eigenvalue weighted by molar-refractivity contribution is 14.1. The molecule has 2 heterocycles. The lowest BCUT2D eigenvalue weighted by Gasteiger charge is -2.41. The summed E-state index contributed by atoms with van der Waals surface area (Å²) in [5.41, 5.74) is 0. The Labute approximate surface area is 99.9 Å². The lowest BCUT2D eigenvalue weighted by Crippen LogP contribution is -2.52. The van der Waals surface area contributed by atoms with Crippen molar-refractivity contribution in [2.24, 2.45) is 0 Å². The average Bonchev–Trinajstić information content (AvgIpc) is 2.18. The number of rotatable bonds is 1. The van der Waals surface area contributed by atoms with Crippen molar-refractivity contribution in [2.75, 3.05) is 39.8 Å². The van der Waals surface area contributed by atoms with Crippen LogP contribution in [0.1, 0.15) is 12.8 Å². The third-order valence-corrected chi connectivity index (χ3v) is 3.92. The SMILES string of the molecule is CN1CCCC(N2CCOC(I)C2)C1. The molecule has 2 unspecified atom stereocenters. The fourth-order valence-corrected chi connectivity index (χ4v) is 3.16. The Hall–Kier alpha value is 0.610. The summed E-state index contributed by atoms with van der Waals surface area (Å²) >= 11 is 2.40. The van der Waals surface area contributed by atoms with Gasteiger partial charge in [-0.2, -0.15) is 0 Å². The normalized spacial score (nSPS) is 37.3. The van der Waals surface area contributed by atoms with E-state index in [-0.39, 0.29) is 0 Å². The van der Waals surface area contributed by atoms with Crippen LogP contribution in [0.4, 0.5) is 0 Å². The van der Waals surface area contributed by atoms with E-state index in [0.29, 0.717) is 4.11 Å². The fraction of sp³-hybridized carbons (Fsp3) is 1.00. The lowest BCUT2D eigenvalue weighted by atomic mass is 10.0. The number of nitrogens with zero attached hydrogens (tertiary/aromatic N) is 2. The topological polar surface area (TPSA) is 15.7 Å². The number of piperidine rings is 1. The minimum Gasteiger partial charge on any atom is -0.365 e. The van der Waals surface area contributed by atoms with Crippen LogP contribution < -0.4 is 0 Å². The van der Waals surface area contributed by atoms with Crippen LogP contribution in [0.3, 0.4) is 0 Å². The minimum atomic E-state index is 0.397. The molecule has 4 heteroatoms. The van der Waals surface area contributed by atoms with Gasteiger partial charge >= 0.3 is 0 Å². The Morgan fingerprint density at radius 1 is 1.29 bits per heavy atom. The van der Waals surface area contributed by atoms with Gasteiger partial charge in [0.2, 0.25) is 0 Å². The summed E-state index contributed by atoms with van der Waals surface area (Å²) in [5.74, 6) is 0. The second kappa shape index (κ2) is 5.09. The molecule has 0 amide bonds. The number of likely N-dealkylation sites (tertiary alicyclic amines) is 1. The number of alkyl halides is 1. The van der Waals surface area contributed by atoms with Crippen molar-refractivity contribution in [3.63, 3.8) is 0 Å². The van der Waals surface area contributed by atoms with Gasteiger partial charge in [-0.25, -0.2) is 0 Å². The molecule has 0 aliphatic carbocycles. The van der Waals surface area contributed by atoms with Crippen molar-refractivity contribution in [3.8, 4) is 0 Å². The zero-order valence-corrected chi connectivity index (χ0v) is 10.9. The quantitative estimate of drug-likeness (QED) is 0.534. The highest BCUT2D eigenvalue weighted by atomic mass is 127. The molecule has 0 saturated carbocycles. The summed E-state index contributed by atoms with van der Waals surface area (Å²) in [6, 6.07) is 0.773. The fourth-order valence-electron chi connectivity index (χ4n) is 2.40. The molecule has 0 spiro atoms. The maximum atomic E-state index is 5.56. The van der Waals surface area contributed by atoms with Crippen molar-refractivity contribution in [2.45, 2.75) is 23.0 Å². The van der Waals surface area contributed by atoms with E-state index in [1.165, 1.54) is 25.9 Å². The van der Waals surface area contributed by atoms with Crippen LogP contribution in [0.15, 0.2) is 0 Å². The first-order valence-electron chi connectivity index (χ1n) is 5.44. The van der Waals surface area contributed by atoms with Gasteiger partial charge in [0.15, 0.2) is 0 Å². The summed E-state index contributed by atoms with van der Waals surface area (Å²) in [7, 11) is 2.23. The number of halogens is 1. The minimum absolute atomic E-state index is 0.397. The molecule has 2 atom stereocenters. The summed E-state index contributed by atoms with van der Waals surface area (Å²) in [6.45, 7) is 5.66. The van der Waals surface area contributed by atoms with E-state index in [2.05, 4.69) is 39.4 Å². The molecule has 2 rings (SSSR count). The van der Waals surface area contributed by atoms with Crippen molar-refractivity contribution in [1.29, 1.82) is 0 Å². The van der Waals surface area contributed by atoms with Gasteiger partial charge in [-0.1, -0.05) is 0 Å². The molecule has 82 valence electrons. The highest BCUT2D eigenvalue weighted by Crippen LogP contribution is 2.19. The smallest absolute Gasteiger partial charge is 0.121 e. The number of hydrogen-bond donors (Lipinski definition) is 0. The molecule has 0 bridgehead atoms. The van der Waals surface area contributed by atoms with E-state index in [1.807, 2.05) is 0 Å². The van der Waals surface area contributed by atoms with Crippen LogP contribution in [0.2, 0.25) is 0 Å². The highest BCUT2D eigenvalue weighted by Gasteiger charge is 2.27. The van der Waals surface area contributed by atoms with Crippen molar-refractivity contribution in [3.05, 3.63) is 0 Å². The van der Waals surface area contributed by atoms with Crippen LogP contribution in [0.5, 0.6) is 0 Å². The van der Waals surface area contributed by atoms with E-state index in [9.17, 15) is 0 Å². The molecule has 3 nitrogen and oxygen atoms in total. The van der Waals surface area contributed by atoms with Crippen molar-refractivity contribution < 1.29 is 4.74 Å². The van der Waals surface area contributed by atoms with Crippen LogP contribution in [0.25, 0.3) is 0 Å². The Bertz CT molecular complexity index is 171. The number of hydrogen-bond acceptors (Lipinski definition) is 3. The zero-order valence-electron chi connectivity index (χ0n) is 8.79. The van der Waals surface area contributed by atoms with E-state index >= 15 is 0 Å². The van der Waals surface area contributed by atoms with Gasteiger partial charge in [-0.15, -0.1) is 0 Å². The van der Waals surface area contributed by atoms with Crippen LogP contribution in [-0.4, -0.2) is 59.8 Å². The van der Waals surface area contributed by atoms with Gasteiger partial charge in [0.25, 0.3) is 0 Å². The van der Waals surface area contributed by atoms with Gasteiger partial charge in [-0.3, -0.25) is 4.90 Å². The summed E-state index contributed by atoms with van der Waals surface area (Å²) in [4.78, 5) is 5.06. The van der Waals surface area contributed by atoms with E-state index in [1.54, 1.807) is 0 Å². The zero-order chi connectivity index (χ0) is 9.97. The third kappa shape index (κ3) is 2.81. The first-order chi connectivity index (χ1) is 6.75. The summed E-state index contributed by atoms with van der Waals surface area (Å²) < 4.78 is 5.95. The monoisotopic (exact) mass is 310 g/mol. The predicted molar refractivity (Wildman–Crippen MR) is 65.9 cm³/mol. The molecular weight excluding hydrogens is 291 g/mol. The molecule has 0 aromatic carbocycles. The number of likely N-dealkylation sites (N-methyl/N-ethyl adjacent to an activating group) is 1. The third-order valence-electron chi connectivity index (χ3n) is 3.17. The summed E-state index contributed by atoms with van der Waals surface area (Å²) in [6.07, 6.45) is 2.72. The Morgan fingerprint density at radius 2 is 2.14 bits per heavy atom. The molecule has 2 aliphatic heterocycles. The molecule has 2 aliphatic rings. The number of ether oxygens (including phenoxy) is 1. The van der Waals surface area contributed by atoms with Crippen molar-refractivity contribution >= 4 is 22.6 Å². The van der Waals surface area contributed by atoms with Gasteiger partial charge < -0.3 is 9.64 Å². The molecule has 2 fully saturated rings. The maximum absolute atomic E-state index is 5.56. The van der Waals surface area contributed by atoms with E-state index < -0.39 is 0 Å². The van der Waals surface area contributed by atoms with Gasteiger partial charge in [0.1, 0.15) is 4.11 Å². The van der Waals surface area contributed by atoms with Gasteiger partial charge in [0, 0.05) is 25.7 Å². The van der Waals surface area contributed by atoms with Gasteiger partial charge in [-0.05, 0) is 49.0 Å². The second-order valence-corrected chi connectivity index (χ2v) is 5.72. The number of morpholine rings is 1. The maximum Gasteiger partial charge on any atom is 0.121 e. The Kier molecular flexibility index (Phi) is 4.04. The molecule has 0 N–H and O–H groups in total. The second-order valence-electron chi connectivity index (χ2n) is 4.33. The van der Waals surface area contributed by atoms with Crippen molar-refractivity contribution in [1.82, 2.24) is 9.80 Å². The van der Waals surface area contributed by atoms with E-state index in [0.717, 1.165) is 25.7 Å². The molecule has 0 aromatic heterocycles. The Balaban J connectivity index is 1.86. The van der Waals surface area contributed by atoms with Crippen LogP contribution in [-0.2, 0) is 4.74 Å². The van der Waals surface area contributed by atoms with Gasteiger partial charge in [0.05, 0.1) is 6.61 Å². The molecule has 14 heavy (non-hydrogen) atoms. The first kappa shape index (κ1) is 11.1. The summed E-state index contributed by atoms with van der Waals surface area (Å²) in [5, 5.41) is 0. The molecular formula is C10H19IN2O. The standard InChI is InChI=1S/C10H19IN2O/c1-12-4-2-3-9(7-12)13-5-6-14-10(11)8-13/h9-10H,2-8H2,1H3.